The molecule has 0 saturated carbocycles. The molecule has 1 aromatic carbocycles. The summed E-state index contributed by atoms with van der Waals surface area (Å²) in [6, 6.07) is 13.1. The molecule has 0 fully saturated rings. The van der Waals surface area contributed by atoms with Crippen molar-refractivity contribution in [3.8, 4) is 0 Å². The Balaban J connectivity index is 2.05. The molecule has 0 aliphatic rings. The minimum absolute atomic E-state index is 0.0249. The van der Waals surface area contributed by atoms with E-state index in [2.05, 4.69) is 4.98 Å². The highest BCUT2D eigenvalue weighted by molar-refractivity contribution is 6.30. The number of likely N-dealkylation sites (N-methyl/N-ethyl adjacent to an activating group) is 1. The van der Waals surface area contributed by atoms with Gasteiger partial charge in [-0.15, -0.1) is 0 Å². The van der Waals surface area contributed by atoms with Crippen molar-refractivity contribution in [2.24, 2.45) is 0 Å². The quantitative estimate of drug-likeness (QED) is 0.801. The van der Waals surface area contributed by atoms with Gasteiger partial charge >= 0.3 is 0 Å². The second-order valence-corrected chi connectivity index (χ2v) is 5.20. The maximum absolute atomic E-state index is 12.2. The van der Waals surface area contributed by atoms with Crippen molar-refractivity contribution in [2.75, 3.05) is 7.05 Å². The van der Waals surface area contributed by atoms with Crippen LogP contribution in [0.25, 0.3) is 6.08 Å². The van der Waals surface area contributed by atoms with Crippen molar-refractivity contribution in [2.45, 2.75) is 13.0 Å². The zero-order valence-electron chi connectivity index (χ0n) is 12.0. The molecule has 0 radical (unpaired) electrons. The van der Waals surface area contributed by atoms with Crippen LogP contribution in [0.15, 0.2) is 54.7 Å². The van der Waals surface area contributed by atoms with E-state index in [9.17, 15) is 4.79 Å². The van der Waals surface area contributed by atoms with Crippen LogP contribution in [0.4, 0.5) is 0 Å². The average molecular weight is 301 g/mol. The topological polar surface area (TPSA) is 33.2 Å². The van der Waals surface area contributed by atoms with Gasteiger partial charge < -0.3 is 4.90 Å². The number of hydrogen-bond acceptors (Lipinski definition) is 2. The first-order valence-corrected chi connectivity index (χ1v) is 7.07. The van der Waals surface area contributed by atoms with Crippen LogP contribution in [0, 0.1) is 0 Å². The van der Waals surface area contributed by atoms with Gasteiger partial charge in [0.15, 0.2) is 0 Å². The summed E-state index contributed by atoms with van der Waals surface area (Å²) in [6.07, 6.45) is 4.95. The van der Waals surface area contributed by atoms with Gasteiger partial charge in [0.2, 0.25) is 5.91 Å². The third-order valence-corrected chi connectivity index (χ3v) is 3.62. The smallest absolute Gasteiger partial charge is 0.246 e. The number of hydrogen-bond donors (Lipinski definition) is 0. The van der Waals surface area contributed by atoms with E-state index in [0.717, 1.165) is 11.3 Å². The fourth-order valence-corrected chi connectivity index (χ4v) is 2.03. The largest absolute Gasteiger partial charge is 0.335 e. The van der Waals surface area contributed by atoms with E-state index in [1.54, 1.807) is 24.2 Å². The number of nitrogens with zero attached hydrogens (tertiary/aromatic N) is 2. The first-order valence-electron chi connectivity index (χ1n) is 6.69. The molecule has 0 bridgehead atoms. The Hall–Kier alpha value is -2.13. The molecule has 1 atom stereocenters. The first kappa shape index (κ1) is 15.3. The van der Waals surface area contributed by atoms with Gasteiger partial charge in [-0.2, -0.15) is 0 Å². The van der Waals surface area contributed by atoms with Crippen molar-refractivity contribution >= 4 is 23.6 Å². The Morgan fingerprint density at radius 2 is 1.95 bits per heavy atom. The second kappa shape index (κ2) is 7.04. The molecule has 3 nitrogen and oxygen atoms in total. The number of halogens is 1. The van der Waals surface area contributed by atoms with Crippen LogP contribution in [-0.4, -0.2) is 22.8 Å². The molecule has 0 spiro atoms. The Labute approximate surface area is 129 Å². The average Bonchev–Trinajstić information content (AvgIpc) is 2.53. The number of carbonyl (C=O) groups excluding carboxylic acids is 1. The molecule has 0 N–H and O–H groups in total. The van der Waals surface area contributed by atoms with Gasteiger partial charge in [0.05, 0.1) is 11.7 Å². The minimum atomic E-state index is -0.0666. The van der Waals surface area contributed by atoms with E-state index in [0.29, 0.717) is 5.02 Å². The monoisotopic (exact) mass is 300 g/mol. The van der Waals surface area contributed by atoms with Gasteiger partial charge in [-0.1, -0.05) is 29.8 Å². The molecule has 1 unspecified atom stereocenters. The number of pyridine rings is 1. The molecular formula is C17H17ClN2O. The molecule has 21 heavy (non-hydrogen) atoms. The molecule has 2 aromatic rings. The summed E-state index contributed by atoms with van der Waals surface area (Å²) < 4.78 is 0. The Morgan fingerprint density at radius 1 is 1.24 bits per heavy atom. The van der Waals surface area contributed by atoms with Crippen LogP contribution >= 0.6 is 11.6 Å². The molecule has 0 saturated heterocycles. The maximum atomic E-state index is 12.2. The van der Waals surface area contributed by atoms with Crippen molar-refractivity contribution < 1.29 is 4.79 Å². The van der Waals surface area contributed by atoms with E-state index >= 15 is 0 Å². The second-order valence-electron chi connectivity index (χ2n) is 4.76. The normalized spacial score (nSPS) is 12.3. The van der Waals surface area contributed by atoms with Crippen LogP contribution in [0.3, 0.4) is 0 Å². The SMILES string of the molecule is CC(c1ccc(Cl)cc1)N(C)C(=O)C=Cc1ccccn1. The number of amides is 1. The molecule has 0 aliphatic heterocycles. The molecular weight excluding hydrogens is 284 g/mol. The van der Waals surface area contributed by atoms with E-state index < -0.39 is 0 Å². The summed E-state index contributed by atoms with van der Waals surface area (Å²) in [7, 11) is 1.78. The molecule has 2 rings (SSSR count). The summed E-state index contributed by atoms with van der Waals surface area (Å²) >= 11 is 5.88. The van der Waals surface area contributed by atoms with Gasteiger partial charge in [-0.05, 0) is 42.8 Å². The maximum Gasteiger partial charge on any atom is 0.246 e. The number of rotatable bonds is 4. The van der Waals surface area contributed by atoms with Crippen molar-refractivity contribution in [3.05, 3.63) is 71.0 Å². The van der Waals surface area contributed by atoms with Crippen LogP contribution in [0.2, 0.25) is 5.02 Å². The summed E-state index contributed by atoms with van der Waals surface area (Å²) in [5, 5.41) is 0.690. The van der Waals surface area contributed by atoms with Crippen molar-refractivity contribution in [1.29, 1.82) is 0 Å². The van der Waals surface area contributed by atoms with Crippen molar-refractivity contribution in [1.82, 2.24) is 9.88 Å². The van der Waals surface area contributed by atoms with E-state index in [1.165, 1.54) is 6.08 Å². The van der Waals surface area contributed by atoms with Crippen LogP contribution < -0.4 is 0 Å². The highest BCUT2D eigenvalue weighted by atomic mass is 35.5. The van der Waals surface area contributed by atoms with E-state index in [4.69, 9.17) is 11.6 Å². The Morgan fingerprint density at radius 3 is 2.57 bits per heavy atom. The molecule has 4 heteroatoms. The first-order chi connectivity index (χ1) is 10.1. The predicted molar refractivity (Wildman–Crippen MR) is 85.9 cm³/mol. The molecule has 108 valence electrons. The van der Waals surface area contributed by atoms with Gasteiger partial charge in [0.1, 0.15) is 0 Å². The van der Waals surface area contributed by atoms with Crippen LogP contribution in [0.1, 0.15) is 24.2 Å². The standard InChI is InChI=1S/C17H17ClN2O/c1-13(14-6-8-15(18)9-7-14)20(2)17(21)11-10-16-5-3-4-12-19-16/h3-13H,1-2H3. The molecule has 1 amide bonds. The van der Waals surface area contributed by atoms with Crippen LogP contribution in [-0.2, 0) is 4.79 Å². The molecule has 0 aliphatic carbocycles. The van der Waals surface area contributed by atoms with E-state index in [-0.39, 0.29) is 11.9 Å². The summed E-state index contributed by atoms with van der Waals surface area (Å²) in [4.78, 5) is 18.0. The third kappa shape index (κ3) is 4.17. The highest BCUT2D eigenvalue weighted by Gasteiger charge is 2.15. The minimum Gasteiger partial charge on any atom is -0.335 e. The summed E-state index contributed by atoms with van der Waals surface area (Å²) in [5.41, 5.74) is 1.81. The summed E-state index contributed by atoms with van der Waals surface area (Å²) in [6.45, 7) is 1.98. The zero-order chi connectivity index (χ0) is 15.2. The number of aromatic nitrogens is 1. The lowest BCUT2D eigenvalue weighted by Crippen LogP contribution is -2.27. The predicted octanol–water partition coefficient (Wildman–Crippen LogP) is 3.97. The lowest BCUT2D eigenvalue weighted by molar-refractivity contribution is -0.126. The summed E-state index contributed by atoms with van der Waals surface area (Å²) in [5.74, 6) is -0.0666. The molecule has 1 aromatic heterocycles. The third-order valence-electron chi connectivity index (χ3n) is 3.37. The zero-order valence-corrected chi connectivity index (χ0v) is 12.8. The fourth-order valence-electron chi connectivity index (χ4n) is 1.90. The van der Waals surface area contributed by atoms with Crippen LogP contribution in [0.5, 0.6) is 0 Å². The van der Waals surface area contributed by atoms with Gasteiger partial charge in [-0.25, -0.2) is 0 Å². The van der Waals surface area contributed by atoms with E-state index in [1.807, 2.05) is 49.4 Å². The lowest BCUT2D eigenvalue weighted by atomic mass is 10.1. The van der Waals surface area contributed by atoms with Gasteiger partial charge in [-0.3, -0.25) is 9.78 Å². The molecule has 1 heterocycles. The number of benzene rings is 1. The Kier molecular flexibility index (Phi) is 5.12. The van der Waals surface area contributed by atoms with Gasteiger partial charge in [0.25, 0.3) is 0 Å². The fraction of sp³-hybridized carbons (Fsp3) is 0.176. The van der Waals surface area contributed by atoms with Crippen molar-refractivity contribution in [3.63, 3.8) is 0 Å². The highest BCUT2D eigenvalue weighted by Crippen LogP contribution is 2.21. The van der Waals surface area contributed by atoms with Gasteiger partial charge in [0, 0.05) is 24.3 Å². The number of carbonyl (C=O) groups is 1. The Bertz CT molecular complexity index is 623. The lowest BCUT2D eigenvalue weighted by Gasteiger charge is -2.24.